The van der Waals surface area contributed by atoms with Gasteiger partial charge in [0.2, 0.25) is 0 Å². The van der Waals surface area contributed by atoms with E-state index in [1.807, 2.05) is 18.5 Å². The molecule has 0 fully saturated rings. The lowest BCUT2D eigenvalue weighted by Crippen LogP contribution is -2.03. The summed E-state index contributed by atoms with van der Waals surface area (Å²) in [6.07, 6.45) is 0.823. The molecule has 0 saturated carbocycles. The molecule has 3 nitrogen and oxygen atoms in total. The largest absolute Gasteiger partial charge is 0.496 e. The molecule has 0 saturated heterocycles. The summed E-state index contributed by atoms with van der Waals surface area (Å²) in [5, 5.41) is 0. The predicted molar refractivity (Wildman–Crippen MR) is 71.6 cm³/mol. The summed E-state index contributed by atoms with van der Waals surface area (Å²) in [6, 6.07) is 6.20. The van der Waals surface area contributed by atoms with E-state index in [-0.39, 0.29) is 0 Å². The van der Waals surface area contributed by atoms with Gasteiger partial charge in [-0.3, -0.25) is 0 Å². The third-order valence-electron chi connectivity index (χ3n) is 2.68. The van der Waals surface area contributed by atoms with Gasteiger partial charge >= 0.3 is 0 Å². The van der Waals surface area contributed by atoms with Gasteiger partial charge in [-0.1, -0.05) is 0 Å². The Morgan fingerprint density at radius 2 is 2.24 bits per heavy atom. The van der Waals surface area contributed by atoms with Crippen molar-refractivity contribution >= 4 is 11.3 Å². The van der Waals surface area contributed by atoms with Crippen LogP contribution in [0.4, 0.5) is 0 Å². The molecule has 2 N–H and O–H groups in total. The summed E-state index contributed by atoms with van der Waals surface area (Å²) in [5.41, 5.74) is 10.9. The zero-order valence-corrected chi connectivity index (χ0v) is 10.9. The summed E-state index contributed by atoms with van der Waals surface area (Å²) < 4.78 is 5.26. The molecule has 0 aliphatic heterocycles. The van der Waals surface area contributed by atoms with E-state index in [1.54, 1.807) is 18.4 Å². The molecule has 1 aromatic carbocycles. The van der Waals surface area contributed by atoms with Gasteiger partial charge in [0.25, 0.3) is 0 Å². The van der Waals surface area contributed by atoms with Crippen LogP contribution in [0.2, 0.25) is 0 Å². The zero-order chi connectivity index (χ0) is 12.3. The molecule has 0 aliphatic carbocycles. The Morgan fingerprint density at radius 3 is 2.88 bits per heavy atom. The molecule has 2 aromatic rings. The highest BCUT2D eigenvalue weighted by molar-refractivity contribution is 7.13. The normalized spacial score (nSPS) is 10.5. The first-order valence-corrected chi connectivity index (χ1v) is 6.41. The Hall–Kier alpha value is -1.39. The van der Waals surface area contributed by atoms with Crippen LogP contribution in [0.1, 0.15) is 11.3 Å². The number of benzene rings is 1. The van der Waals surface area contributed by atoms with Gasteiger partial charge in [0.05, 0.1) is 23.2 Å². The molecule has 0 radical (unpaired) electrons. The van der Waals surface area contributed by atoms with Gasteiger partial charge in [0, 0.05) is 6.42 Å². The number of nitrogens with two attached hydrogens (primary N) is 1. The lowest BCUT2D eigenvalue weighted by molar-refractivity contribution is 0.412. The Morgan fingerprint density at radius 1 is 1.41 bits per heavy atom. The minimum absolute atomic E-state index is 0.631. The molecule has 0 atom stereocenters. The van der Waals surface area contributed by atoms with Crippen LogP contribution in [0.3, 0.4) is 0 Å². The number of nitrogens with zero attached hydrogens (tertiary/aromatic N) is 1. The highest BCUT2D eigenvalue weighted by Crippen LogP contribution is 2.31. The SMILES string of the molecule is COc1ccc(-c2scnc2CCN)cc1C. The number of rotatable bonds is 4. The highest BCUT2D eigenvalue weighted by Gasteiger charge is 2.09. The lowest BCUT2D eigenvalue weighted by Gasteiger charge is -2.07. The molecule has 0 spiro atoms. The molecule has 4 heteroatoms. The number of hydrogen-bond acceptors (Lipinski definition) is 4. The fourth-order valence-corrected chi connectivity index (χ4v) is 2.68. The summed E-state index contributed by atoms with van der Waals surface area (Å²) in [4.78, 5) is 5.57. The number of thiazole rings is 1. The summed E-state index contributed by atoms with van der Waals surface area (Å²) in [6.45, 7) is 2.68. The van der Waals surface area contributed by atoms with E-state index >= 15 is 0 Å². The fourth-order valence-electron chi connectivity index (χ4n) is 1.84. The predicted octanol–water partition coefficient (Wildman–Crippen LogP) is 2.63. The molecule has 1 aromatic heterocycles. The minimum atomic E-state index is 0.631. The second-order valence-corrected chi connectivity index (χ2v) is 4.71. The molecule has 2 rings (SSSR count). The van der Waals surface area contributed by atoms with Crippen LogP contribution in [0.25, 0.3) is 10.4 Å². The first-order chi connectivity index (χ1) is 8.26. The summed E-state index contributed by atoms with van der Waals surface area (Å²) in [5.74, 6) is 0.915. The Kier molecular flexibility index (Phi) is 3.76. The molecule has 1 heterocycles. The number of ether oxygens (including phenoxy) is 1. The average molecular weight is 248 g/mol. The van der Waals surface area contributed by atoms with Crippen LogP contribution >= 0.6 is 11.3 Å². The van der Waals surface area contributed by atoms with Gasteiger partial charge in [-0.05, 0) is 42.8 Å². The highest BCUT2D eigenvalue weighted by atomic mass is 32.1. The van der Waals surface area contributed by atoms with Gasteiger partial charge in [0.1, 0.15) is 5.75 Å². The standard InChI is InChI=1S/C13H16N2OS/c1-9-7-10(3-4-12(9)16-2)13-11(5-6-14)15-8-17-13/h3-4,7-8H,5-6,14H2,1-2H3. The first kappa shape index (κ1) is 12.1. The summed E-state index contributed by atoms with van der Waals surface area (Å²) in [7, 11) is 1.69. The molecule has 0 unspecified atom stereocenters. The van der Waals surface area contributed by atoms with Gasteiger partial charge in [-0.15, -0.1) is 11.3 Å². The topological polar surface area (TPSA) is 48.1 Å². The van der Waals surface area contributed by atoms with E-state index in [2.05, 4.69) is 17.1 Å². The number of methoxy groups -OCH3 is 1. The smallest absolute Gasteiger partial charge is 0.121 e. The molecule has 90 valence electrons. The van der Waals surface area contributed by atoms with Crippen molar-refractivity contribution in [1.82, 2.24) is 4.98 Å². The van der Waals surface area contributed by atoms with Crippen molar-refractivity contribution in [3.63, 3.8) is 0 Å². The van der Waals surface area contributed by atoms with Crippen molar-refractivity contribution in [3.05, 3.63) is 35.0 Å². The number of hydrogen-bond donors (Lipinski definition) is 1. The van der Waals surface area contributed by atoms with Gasteiger partial charge < -0.3 is 10.5 Å². The van der Waals surface area contributed by atoms with Crippen molar-refractivity contribution in [1.29, 1.82) is 0 Å². The van der Waals surface area contributed by atoms with Crippen LogP contribution in [-0.4, -0.2) is 18.6 Å². The van der Waals surface area contributed by atoms with E-state index < -0.39 is 0 Å². The van der Waals surface area contributed by atoms with Crippen molar-refractivity contribution in [3.8, 4) is 16.2 Å². The second kappa shape index (κ2) is 5.29. The fraction of sp³-hybridized carbons (Fsp3) is 0.308. The summed E-state index contributed by atoms with van der Waals surface area (Å²) >= 11 is 1.66. The van der Waals surface area contributed by atoms with Crippen LogP contribution in [0.15, 0.2) is 23.7 Å². The monoisotopic (exact) mass is 248 g/mol. The van der Waals surface area contributed by atoms with Crippen LogP contribution in [0, 0.1) is 6.92 Å². The van der Waals surface area contributed by atoms with E-state index in [1.165, 1.54) is 10.4 Å². The maximum atomic E-state index is 5.59. The third kappa shape index (κ3) is 2.48. The van der Waals surface area contributed by atoms with Crippen LogP contribution < -0.4 is 10.5 Å². The molecular formula is C13H16N2OS. The average Bonchev–Trinajstić information content (AvgIpc) is 2.78. The maximum Gasteiger partial charge on any atom is 0.121 e. The first-order valence-electron chi connectivity index (χ1n) is 5.53. The maximum absolute atomic E-state index is 5.59. The van der Waals surface area contributed by atoms with Crippen molar-refractivity contribution in [2.75, 3.05) is 13.7 Å². The quantitative estimate of drug-likeness (QED) is 0.904. The molecule has 0 aliphatic rings. The van der Waals surface area contributed by atoms with Crippen molar-refractivity contribution < 1.29 is 4.74 Å². The molecular weight excluding hydrogens is 232 g/mol. The van der Waals surface area contributed by atoms with E-state index in [0.29, 0.717) is 6.54 Å². The van der Waals surface area contributed by atoms with Crippen LogP contribution in [-0.2, 0) is 6.42 Å². The Balaban J connectivity index is 2.39. The third-order valence-corrected chi connectivity index (χ3v) is 3.60. The van der Waals surface area contributed by atoms with E-state index in [9.17, 15) is 0 Å². The second-order valence-electron chi connectivity index (χ2n) is 3.85. The van der Waals surface area contributed by atoms with Gasteiger partial charge in [-0.25, -0.2) is 4.98 Å². The molecule has 0 bridgehead atoms. The molecule has 0 amide bonds. The van der Waals surface area contributed by atoms with Gasteiger partial charge in [-0.2, -0.15) is 0 Å². The zero-order valence-electron chi connectivity index (χ0n) is 10.1. The van der Waals surface area contributed by atoms with Gasteiger partial charge in [0.15, 0.2) is 0 Å². The number of aryl methyl sites for hydroxylation is 1. The minimum Gasteiger partial charge on any atom is -0.496 e. The van der Waals surface area contributed by atoms with E-state index in [0.717, 1.165) is 23.4 Å². The lowest BCUT2D eigenvalue weighted by atomic mass is 10.1. The Bertz CT molecular complexity index is 508. The van der Waals surface area contributed by atoms with Crippen molar-refractivity contribution in [2.45, 2.75) is 13.3 Å². The van der Waals surface area contributed by atoms with Crippen molar-refractivity contribution in [2.24, 2.45) is 5.73 Å². The van der Waals surface area contributed by atoms with E-state index in [4.69, 9.17) is 10.5 Å². The Labute approximate surface area is 105 Å². The number of aromatic nitrogens is 1. The van der Waals surface area contributed by atoms with Crippen LogP contribution in [0.5, 0.6) is 5.75 Å². The molecule has 17 heavy (non-hydrogen) atoms.